The van der Waals surface area contributed by atoms with Crippen molar-refractivity contribution in [1.29, 1.82) is 0 Å². The monoisotopic (exact) mass is 279 g/mol. The summed E-state index contributed by atoms with van der Waals surface area (Å²) >= 11 is 0. The van der Waals surface area contributed by atoms with Gasteiger partial charge in [0.25, 0.3) is 0 Å². The Balaban J connectivity index is 0.00000324. The third-order valence-corrected chi connectivity index (χ3v) is 2.07. The van der Waals surface area contributed by atoms with Gasteiger partial charge >= 0.3 is 18.1 Å². The van der Waals surface area contributed by atoms with Gasteiger partial charge in [0.2, 0.25) is 0 Å². The second-order valence-corrected chi connectivity index (χ2v) is 3.28. The lowest BCUT2D eigenvalue weighted by Crippen LogP contribution is -2.14. The number of carboxylic acids is 1. The van der Waals surface area contributed by atoms with Gasteiger partial charge in [-0.05, 0) is 25.1 Å². The number of hydrogen-bond donors (Lipinski definition) is 2. The molecule has 0 saturated heterocycles. The SMILES string of the molecule is CCOC(=O)c1ccc(C(F)(F)F)cc1C(=O)O.N. The van der Waals surface area contributed by atoms with Gasteiger partial charge < -0.3 is 16.0 Å². The van der Waals surface area contributed by atoms with Gasteiger partial charge in [-0.25, -0.2) is 9.59 Å². The molecule has 0 aliphatic rings. The Morgan fingerprint density at radius 2 is 1.84 bits per heavy atom. The topological polar surface area (TPSA) is 98.6 Å². The summed E-state index contributed by atoms with van der Waals surface area (Å²) < 4.78 is 41.8. The van der Waals surface area contributed by atoms with Crippen LogP contribution in [0.15, 0.2) is 18.2 Å². The van der Waals surface area contributed by atoms with Crippen molar-refractivity contribution in [3.05, 3.63) is 34.9 Å². The molecule has 4 N–H and O–H groups in total. The van der Waals surface area contributed by atoms with Gasteiger partial charge in [0, 0.05) is 0 Å². The minimum Gasteiger partial charge on any atom is -0.478 e. The molecule has 0 saturated carbocycles. The number of esters is 1. The number of hydrogen-bond acceptors (Lipinski definition) is 4. The van der Waals surface area contributed by atoms with Crippen molar-refractivity contribution < 1.29 is 32.6 Å². The standard InChI is InChI=1S/C11H9F3O4.H3N/c1-2-18-10(17)7-4-3-6(11(12,13)14)5-8(7)9(15)16;/h3-5H,2H2,1H3,(H,15,16);1H3. The van der Waals surface area contributed by atoms with Crippen LogP contribution in [-0.4, -0.2) is 23.7 Å². The van der Waals surface area contributed by atoms with Gasteiger partial charge in [-0.2, -0.15) is 13.2 Å². The summed E-state index contributed by atoms with van der Waals surface area (Å²) in [4.78, 5) is 22.2. The molecule has 5 nitrogen and oxygen atoms in total. The van der Waals surface area contributed by atoms with Gasteiger partial charge in [0.1, 0.15) is 0 Å². The number of carbonyl (C=O) groups is 2. The molecule has 106 valence electrons. The summed E-state index contributed by atoms with van der Waals surface area (Å²) in [5, 5.41) is 8.80. The molecule has 0 aromatic heterocycles. The Kier molecular flexibility index (Phi) is 5.51. The molecule has 0 radical (unpaired) electrons. The average Bonchev–Trinajstić information content (AvgIpc) is 2.27. The van der Waals surface area contributed by atoms with E-state index in [0.717, 1.165) is 6.07 Å². The number of carboxylic acid groups (broad SMARTS) is 1. The van der Waals surface area contributed by atoms with E-state index < -0.39 is 34.8 Å². The van der Waals surface area contributed by atoms with Crippen molar-refractivity contribution in [2.75, 3.05) is 6.61 Å². The lowest BCUT2D eigenvalue weighted by atomic mass is 10.0. The first kappa shape index (κ1) is 16.9. The van der Waals surface area contributed by atoms with E-state index in [2.05, 4.69) is 4.74 Å². The van der Waals surface area contributed by atoms with Gasteiger partial charge in [0.15, 0.2) is 0 Å². The molecule has 19 heavy (non-hydrogen) atoms. The van der Waals surface area contributed by atoms with E-state index >= 15 is 0 Å². The van der Waals surface area contributed by atoms with E-state index in [4.69, 9.17) is 5.11 Å². The molecule has 8 heteroatoms. The van der Waals surface area contributed by atoms with Crippen LogP contribution in [-0.2, 0) is 10.9 Å². The molecule has 0 spiro atoms. The van der Waals surface area contributed by atoms with Crippen LogP contribution < -0.4 is 6.15 Å². The summed E-state index contributed by atoms with van der Waals surface area (Å²) in [7, 11) is 0. The van der Waals surface area contributed by atoms with Gasteiger partial charge in [-0.15, -0.1) is 0 Å². The maximum Gasteiger partial charge on any atom is 0.416 e. The molecule has 1 aromatic carbocycles. The van der Waals surface area contributed by atoms with E-state index in [9.17, 15) is 22.8 Å². The normalized spacial score (nSPS) is 10.5. The fourth-order valence-electron chi connectivity index (χ4n) is 1.28. The third kappa shape index (κ3) is 3.95. The number of aromatic carboxylic acids is 1. The Bertz CT molecular complexity index is 485. The van der Waals surface area contributed by atoms with Crippen LogP contribution in [0.4, 0.5) is 13.2 Å². The molecule has 0 atom stereocenters. The maximum absolute atomic E-state index is 12.4. The quantitative estimate of drug-likeness (QED) is 0.829. The minimum absolute atomic E-state index is 0. The Hall–Kier alpha value is -2.09. The number of benzene rings is 1. The van der Waals surface area contributed by atoms with Crippen LogP contribution in [0.25, 0.3) is 0 Å². The molecule has 0 aliphatic carbocycles. The van der Waals surface area contributed by atoms with E-state index in [1.54, 1.807) is 0 Å². The van der Waals surface area contributed by atoms with Crippen LogP contribution in [0.3, 0.4) is 0 Å². The zero-order chi connectivity index (χ0) is 13.9. The Labute approximate surface area is 106 Å². The summed E-state index contributed by atoms with van der Waals surface area (Å²) in [6.45, 7) is 1.50. The number of rotatable bonds is 3. The molecular weight excluding hydrogens is 267 g/mol. The zero-order valence-electron chi connectivity index (χ0n) is 9.95. The van der Waals surface area contributed by atoms with E-state index in [1.165, 1.54) is 6.92 Å². The van der Waals surface area contributed by atoms with Crippen molar-refractivity contribution in [3.8, 4) is 0 Å². The fourth-order valence-corrected chi connectivity index (χ4v) is 1.28. The highest BCUT2D eigenvalue weighted by Gasteiger charge is 2.32. The van der Waals surface area contributed by atoms with Crippen LogP contribution in [0.2, 0.25) is 0 Å². The third-order valence-electron chi connectivity index (χ3n) is 2.07. The lowest BCUT2D eigenvalue weighted by Gasteiger charge is -2.10. The summed E-state index contributed by atoms with van der Waals surface area (Å²) in [6, 6.07) is 1.84. The predicted molar refractivity (Wildman–Crippen MR) is 59.4 cm³/mol. The highest BCUT2D eigenvalue weighted by Crippen LogP contribution is 2.30. The average molecular weight is 279 g/mol. The molecule has 1 rings (SSSR count). The summed E-state index contributed by atoms with van der Waals surface area (Å²) in [5.41, 5.74) is -2.27. The first-order valence-corrected chi connectivity index (χ1v) is 4.89. The molecule has 0 unspecified atom stereocenters. The Morgan fingerprint density at radius 1 is 1.26 bits per heavy atom. The molecule has 0 heterocycles. The molecular formula is C11H12F3NO4. The first-order chi connectivity index (χ1) is 8.27. The summed E-state index contributed by atoms with van der Waals surface area (Å²) in [6.07, 6.45) is -4.67. The largest absolute Gasteiger partial charge is 0.478 e. The molecule has 0 bridgehead atoms. The molecule has 0 fully saturated rings. The number of ether oxygens (including phenoxy) is 1. The number of carbonyl (C=O) groups excluding carboxylic acids is 1. The maximum atomic E-state index is 12.4. The van der Waals surface area contributed by atoms with Crippen LogP contribution in [0.1, 0.15) is 33.2 Å². The van der Waals surface area contributed by atoms with Gasteiger partial charge in [-0.1, -0.05) is 0 Å². The summed E-state index contributed by atoms with van der Waals surface area (Å²) in [5.74, 6) is -2.59. The van der Waals surface area contributed by atoms with E-state index in [0.29, 0.717) is 12.1 Å². The second-order valence-electron chi connectivity index (χ2n) is 3.28. The van der Waals surface area contributed by atoms with Crippen molar-refractivity contribution >= 4 is 11.9 Å². The van der Waals surface area contributed by atoms with Crippen LogP contribution in [0.5, 0.6) is 0 Å². The predicted octanol–water partition coefficient (Wildman–Crippen LogP) is 2.74. The van der Waals surface area contributed by atoms with Gasteiger partial charge in [0.05, 0.1) is 23.3 Å². The fraction of sp³-hybridized carbons (Fsp3) is 0.273. The van der Waals surface area contributed by atoms with Crippen LogP contribution in [0, 0.1) is 0 Å². The van der Waals surface area contributed by atoms with Crippen LogP contribution >= 0.6 is 0 Å². The molecule has 0 amide bonds. The second kappa shape index (κ2) is 6.19. The minimum atomic E-state index is -4.67. The number of alkyl halides is 3. The first-order valence-electron chi connectivity index (χ1n) is 4.89. The molecule has 0 aliphatic heterocycles. The highest BCUT2D eigenvalue weighted by atomic mass is 19.4. The van der Waals surface area contributed by atoms with Crippen molar-refractivity contribution in [2.45, 2.75) is 13.1 Å². The van der Waals surface area contributed by atoms with E-state index in [-0.39, 0.29) is 12.8 Å². The smallest absolute Gasteiger partial charge is 0.416 e. The van der Waals surface area contributed by atoms with E-state index in [1.807, 2.05) is 0 Å². The van der Waals surface area contributed by atoms with Gasteiger partial charge in [-0.3, -0.25) is 0 Å². The zero-order valence-corrected chi connectivity index (χ0v) is 9.95. The Morgan fingerprint density at radius 3 is 2.26 bits per heavy atom. The lowest BCUT2D eigenvalue weighted by molar-refractivity contribution is -0.137. The van der Waals surface area contributed by atoms with Crippen molar-refractivity contribution in [2.24, 2.45) is 0 Å². The van der Waals surface area contributed by atoms with Crippen molar-refractivity contribution in [1.82, 2.24) is 6.15 Å². The highest BCUT2D eigenvalue weighted by molar-refractivity contribution is 6.02. The van der Waals surface area contributed by atoms with Crippen molar-refractivity contribution in [3.63, 3.8) is 0 Å². The number of halogens is 3. The molecule has 1 aromatic rings.